The molecule has 1 fully saturated rings. The van der Waals surface area contributed by atoms with Gasteiger partial charge in [0.2, 0.25) is 0 Å². The van der Waals surface area contributed by atoms with Gasteiger partial charge >= 0.3 is 0 Å². The Labute approximate surface area is 213 Å². The Bertz CT molecular complexity index is 1550. The van der Waals surface area contributed by atoms with Crippen molar-refractivity contribution < 1.29 is 13.5 Å². The summed E-state index contributed by atoms with van der Waals surface area (Å²) in [4.78, 5) is 11.6. The van der Waals surface area contributed by atoms with Crippen molar-refractivity contribution in [2.75, 3.05) is 31.1 Å². The predicted molar refractivity (Wildman–Crippen MR) is 141 cm³/mol. The molecule has 0 atom stereocenters. The van der Waals surface area contributed by atoms with Crippen LogP contribution in [0.2, 0.25) is 0 Å². The number of aromatic nitrogens is 4. The molecular formula is C28H28F2N6O. The fraction of sp³-hybridized carbons (Fsp3) is 0.286. The number of benzene rings is 3. The van der Waals surface area contributed by atoms with Gasteiger partial charge in [-0.25, -0.2) is 13.8 Å². The number of nitrogens with zero attached hydrogens (tertiary/aromatic N) is 4. The van der Waals surface area contributed by atoms with Crippen LogP contribution in [0.4, 0.5) is 14.5 Å². The molecule has 1 aliphatic rings. The maximum atomic E-state index is 15.6. The zero-order chi connectivity index (χ0) is 25.5. The molecule has 1 saturated heterocycles. The lowest BCUT2D eigenvalue weighted by Gasteiger charge is -2.38. The van der Waals surface area contributed by atoms with Crippen LogP contribution in [-0.2, 0) is 6.61 Å². The topological polar surface area (TPSA) is 73.1 Å². The van der Waals surface area contributed by atoms with E-state index in [-0.39, 0.29) is 11.2 Å². The van der Waals surface area contributed by atoms with Gasteiger partial charge in [0.25, 0.3) is 0 Å². The van der Waals surface area contributed by atoms with Crippen LogP contribution in [0.5, 0.6) is 5.75 Å². The number of anilines is 1. The van der Waals surface area contributed by atoms with Crippen LogP contribution in [0.15, 0.2) is 54.6 Å². The van der Waals surface area contributed by atoms with Gasteiger partial charge in [0.1, 0.15) is 29.3 Å². The Hall–Kier alpha value is -3.98. The van der Waals surface area contributed by atoms with Gasteiger partial charge in [0, 0.05) is 43.7 Å². The van der Waals surface area contributed by atoms with E-state index < -0.39 is 11.6 Å². The van der Waals surface area contributed by atoms with Crippen LogP contribution in [-0.4, -0.2) is 57.3 Å². The Morgan fingerprint density at radius 1 is 0.973 bits per heavy atom. The predicted octanol–water partition coefficient (Wildman–Crippen LogP) is 5.49. The van der Waals surface area contributed by atoms with E-state index in [2.05, 4.69) is 38.9 Å². The van der Waals surface area contributed by atoms with Gasteiger partial charge in [-0.2, -0.15) is 5.10 Å². The third-order valence-electron chi connectivity index (χ3n) is 7.01. The van der Waals surface area contributed by atoms with Crippen molar-refractivity contribution in [3.05, 3.63) is 71.8 Å². The lowest BCUT2D eigenvalue weighted by atomic mass is 10.2. The molecule has 3 aromatic carbocycles. The molecule has 0 unspecified atom stereocenters. The van der Waals surface area contributed by atoms with Gasteiger partial charge in [0.15, 0.2) is 17.5 Å². The smallest absolute Gasteiger partial charge is 0.177 e. The summed E-state index contributed by atoms with van der Waals surface area (Å²) in [5, 5.41) is 8.16. The van der Waals surface area contributed by atoms with Crippen LogP contribution in [0.3, 0.4) is 0 Å². The van der Waals surface area contributed by atoms with Gasteiger partial charge in [-0.05, 0) is 37.6 Å². The van der Waals surface area contributed by atoms with Gasteiger partial charge in [-0.15, -0.1) is 0 Å². The van der Waals surface area contributed by atoms with Crippen molar-refractivity contribution in [3.63, 3.8) is 0 Å². The number of nitrogens with one attached hydrogen (secondary N) is 2. The first-order valence-corrected chi connectivity index (χ1v) is 12.5. The molecule has 7 nitrogen and oxygen atoms in total. The monoisotopic (exact) mass is 502 g/mol. The molecule has 0 saturated carbocycles. The fourth-order valence-corrected chi connectivity index (χ4v) is 4.94. The summed E-state index contributed by atoms with van der Waals surface area (Å²) in [5.41, 5.74) is 2.75. The number of halogens is 2. The van der Waals surface area contributed by atoms with Crippen LogP contribution in [0, 0.1) is 11.6 Å². The molecule has 0 amide bonds. The van der Waals surface area contributed by atoms with Gasteiger partial charge in [0.05, 0.1) is 11.0 Å². The van der Waals surface area contributed by atoms with E-state index in [4.69, 9.17) is 4.74 Å². The number of fused-ring (bicyclic) bond motifs is 2. The average Bonchev–Trinajstić information content (AvgIpc) is 3.52. The summed E-state index contributed by atoms with van der Waals surface area (Å²) in [6.45, 7) is 7.33. The highest BCUT2D eigenvalue weighted by molar-refractivity contribution is 5.94. The van der Waals surface area contributed by atoms with Crippen molar-refractivity contribution in [3.8, 4) is 17.3 Å². The lowest BCUT2D eigenvalue weighted by molar-refractivity contribution is 0.208. The molecule has 2 aromatic heterocycles. The summed E-state index contributed by atoms with van der Waals surface area (Å²) in [6.07, 6.45) is 0. The Kier molecular flexibility index (Phi) is 6.00. The second-order valence-electron chi connectivity index (χ2n) is 9.67. The summed E-state index contributed by atoms with van der Waals surface area (Å²) >= 11 is 0. The fourth-order valence-electron chi connectivity index (χ4n) is 4.94. The number of H-pyrrole nitrogens is 2. The molecule has 1 aliphatic heterocycles. The number of ether oxygens (including phenoxy) is 1. The van der Waals surface area contributed by atoms with Gasteiger partial charge < -0.3 is 14.6 Å². The minimum atomic E-state index is -0.651. The van der Waals surface area contributed by atoms with Gasteiger partial charge in [-0.1, -0.05) is 30.3 Å². The van der Waals surface area contributed by atoms with E-state index in [1.807, 2.05) is 48.5 Å². The van der Waals surface area contributed by atoms with Crippen molar-refractivity contribution in [2.24, 2.45) is 0 Å². The highest BCUT2D eigenvalue weighted by atomic mass is 19.1. The maximum Gasteiger partial charge on any atom is 0.177 e. The molecule has 37 heavy (non-hydrogen) atoms. The van der Waals surface area contributed by atoms with E-state index in [0.29, 0.717) is 48.5 Å². The van der Waals surface area contributed by atoms with E-state index in [1.54, 1.807) is 4.90 Å². The third kappa shape index (κ3) is 4.40. The van der Waals surface area contributed by atoms with Crippen LogP contribution < -0.4 is 9.64 Å². The first-order valence-electron chi connectivity index (χ1n) is 12.5. The Balaban J connectivity index is 1.31. The van der Waals surface area contributed by atoms with Crippen LogP contribution >= 0.6 is 0 Å². The summed E-state index contributed by atoms with van der Waals surface area (Å²) < 4.78 is 36.7. The number of piperazine rings is 1. The zero-order valence-corrected chi connectivity index (χ0v) is 20.8. The quantitative estimate of drug-likeness (QED) is 0.321. The molecule has 190 valence electrons. The van der Waals surface area contributed by atoms with Crippen molar-refractivity contribution in [1.82, 2.24) is 25.1 Å². The number of hydrogen-bond donors (Lipinski definition) is 2. The van der Waals surface area contributed by atoms with E-state index in [0.717, 1.165) is 29.6 Å². The molecule has 6 rings (SSSR count). The summed E-state index contributed by atoms with van der Waals surface area (Å²) in [7, 11) is 0. The third-order valence-corrected chi connectivity index (χ3v) is 7.01. The second kappa shape index (κ2) is 9.48. The normalized spacial score (nSPS) is 14.8. The Morgan fingerprint density at radius 3 is 2.51 bits per heavy atom. The molecular weight excluding hydrogens is 474 g/mol. The lowest BCUT2D eigenvalue weighted by Crippen LogP contribution is -2.49. The SMILES string of the molecule is CC(C)N1CCN(c2c(F)cc3[nH]c(-c4n[nH]c5ccc(OCc6ccccc6)cc45)nc3c2F)CC1. The van der Waals surface area contributed by atoms with Crippen molar-refractivity contribution in [1.29, 1.82) is 0 Å². The number of aromatic amines is 2. The number of rotatable bonds is 6. The first-order chi connectivity index (χ1) is 18.0. The summed E-state index contributed by atoms with van der Waals surface area (Å²) in [6, 6.07) is 17.3. The molecule has 9 heteroatoms. The highest BCUT2D eigenvalue weighted by Crippen LogP contribution is 2.34. The molecule has 5 aromatic rings. The minimum Gasteiger partial charge on any atom is -0.489 e. The van der Waals surface area contributed by atoms with E-state index in [9.17, 15) is 0 Å². The maximum absolute atomic E-state index is 15.6. The zero-order valence-electron chi connectivity index (χ0n) is 20.8. The molecule has 2 N–H and O–H groups in total. The molecule has 0 radical (unpaired) electrons. The Morgan fingerprint density at radius 2 is 1.76 bits per heavy atom. The van der Waals surface area contributed by atoms with E-state index >= 15 is 8.78 Å². The second-order valence-corrected chi connectivity index (χ2v) is 9.67. The standard InChI is InChI=1S/C28H28F2N6O/c1-17(2)35-10-12-36(13-11-35)27-21(29)15-23-26(24(27)30)32-28(31-23)25-20-14-19(8-9-22(20)33-34-25)37-16-18-6-4-3-5-7-18/h3-9,14-15,17H,10-13,16H2,1-2H3,(H,31,32)(H,33,34). The van der Waals surface area contributed by atoms with Crippen molar-refractivity contribution in [2.45, 2.75) is 26.5 Å². The minimum absolute atomic E-state index is 0.0163. The largest absolute Gasteiger partial charge is 0.489 e. The number of hydrogen-bond acceptors (Lipinski definition) is 5. The first kappa shape index (κ1) is 23.4. The van der Waals surface area contributed by atoms with Crippen LogP contribution in [0.1, 0.15) is 19.4 Å². The highest BCUT2D eigenvalue weighted by Gasteiger charge is 2.27. The molecule has 0 spiro atoms. The molecule has 0 bridgehead atoms. The summed E-state index contributed by atoms with van der Waals surface area (Å²) in [5.74, 6) is -0.208. The van der Waals surface area contributed by atoms with Crippen molar-refractivity contribution >= 4 is 27.6 Å². The van der Waals surface area contributed by atoms with E-state index in [1.165, 1.54) is 6.07 Å². The number of imidazole rings is 1. The molecule has 0 aliphatic carbocycles. The molecule has 3 heterocycles. The average molecular weight is 503 g/mol. The van der Waals surface area contributed by atoms with Crippen LogP contribution in [0.25, 0.3) is 33.5 Å². The van der Waals surface area contributed by atoms with Gasteiger partial charge in [-0.3, -0.25) is 10.00 Å².